The molecule has 3 aromatic rings. The van der Waals surface area contributed by atoms with E-state index < -0.39 is 4.92 Å². The van der Waals surface area contributed by atoms with Crippen molar-refractivity contribution < 1.29 is 4.92 Å². The Hall–Kier alpha value is -3.46. The lowest BCUT2D eigenvalue weighted by Gasteiger charge is -2.13. The summed E-state index contributed by atoms with van der Waals surface area (Å²) in [6, 6.07) is 14.3. The summed E-state index contributed by atoms with van der Waals surface area (Å²) in [5.41, 5.74) is 9.14. The van der Waals surface area contributed by atoms with E-state index in [1.165, 1.54) is 12.1 Å². The number of nitrogens with two attached hydrogens (primary N) is 1. The molecule has 0 saturated heterocycles. The summed E-state index contributed by atoms with van der Waals surface area (Å²) in [5.74, 6) is 0.430. The van der Waals surface area contributed by atoms with Crippen LogP contribution in [0.25, 0.3) is 22.0 Å². The van der Waals surface area contributed by atoms with Crippen LogP contribution >= 0.6 is 0 Å². The van der Waals surface area contributed by atoms with Gasteiger partial charge in [-0.2, -0.15) is 5.26 Å². The normalized spacial score (nSPS) is 10.8. The van der Waals surface area contributed by atoms with Crippen LogP contribution in [-0.2, 0) is 0 Å². The second-order valence-electron chi connectivity index (χ2n) is 6.10. The predicted molar refractivity (Wildman–Crippen MR) is 97.0 cm³/mol. The number of rotatable bonds is 3. The topological polar surface area (TPSA) is 106 Å². The number of fused-ring (bicyclic) bond motifs is 1. The molecule has 0 saturated carbocycles. The summed E-state index contributed by atoms with van der Waals surface area (Å²) < 4.78 is 0. The fourth-order valence-corrected chi connectivity index (χ4v) is 2.85. The second-order valence-corrected chi connectivity index (χ2v) is 6.10. The zero-order chi connectivity index (χ0) is 18.1. The van der Waals surface area contributed by atoms with Gasteiger partial charge in [-0.25, -0.2) is 4.98 Å². The van der Waals surface area contributed by atoms with Crippen LogP contribution in [0.3, 0.4) is 0 Å². The van der Waals surface area contributed by atoms with E-state index in [1.54, 1.807) is 6.07 Å². The van der Waals surface area contributed by atoms with E-state index in [1.807, 2.05) is 24.3 Å². The summed E-state index contributed by atoms with van der Waals surface area (Å²) in [6.07, 6.45) is 0. The molecule has 0 aliphatic rings. The molecular formula is C19H16N4O2. The number of non-ortho nitro benzene ring substituents is 1. The molecule has 0 spiro atoms. The van der Waals surface area contributed by atoms with Crippen molar-refractivity contribution in [2.24, 2.45) is 0 Å². The lowest BCUT2D eigenvalue weighted by molar-refractivity contribution is -0.384. The molecule has 6 heteroatoms. The molecule has 6 nitrogen and oxygen atoms in total. The highest BCUT2D eigenvalue weighted by Gasteiger charge is 2.18. The number of nitro benzene ring substituents is 1. The van der Waals surface area contributed by atoms with Crippen molar-refractivity contribution >= 4 is 22.4 Å². The minimum atomic E-state index is -0.462. The van der Waals surface area contributed by atoms with Crippen LogP contribution in [0.1, 0.15) is 30.9 Å². The van der Waals surface area contributed by atoms with E-state index in [9.17, 15) is 15.4 Å². The number of anilines is 1. The molecular weight excluding hydrogens is 316 g/mol. The van der Waals surface area contributed by atoms with Gasteiger partial charge in [0.15, 0.2) is 0 Å². The van der Waals surface area contributed by atoms with E-state index in [2.05, 4.69) is 24.9 Å². The van der Waals surface area contributed by atoms with Gasteiger partial charge in [-0.3, -0.25) is 10.1 Å². The van der Waals surface area contributed by atoms with Crippen LogP contribution in [0, 0.1) is 21.4 Å². The Labute approximate surface area is 144 Å². The maximum absolute atomic E-state index is 11.2. The van der Waals surface area contributed by atoms with E-state index in [-0.39, 0.29) is 17.1 Å². The van der Waals surface area contributed by atoms with Crippen LogP contribution in [0.5, 0.6) is 0 Å². The molecule has 124 valence electrons. The molecule has 0 unspecified atom stereocenters. The molecule has 0 bridgehead atoms. The van der Waals surface area contributed by atoms with Crippen molar-refractivity contribution in [3.8, 4) is 17.2 Å². The molecule has 1 aromatic heterocycles. The largest absolute Gasteiger partial charge is 0.383 e. The zero-order valence-electron chi connectivity index (χ0n) is 13.9. The number of nitro groups is 1. The number of pyridine rings is 1. The Bertz CT molecular complexity index is 1040. The highest BCUT2D eigenvalue weighted by atomic mass is 16.6. The molecule has 0 fully saturated rings. The monoisotopic (exact) mass is 332 g/mol. The second kappa shape index (κ2) is 6.21. The Balaban J connectivity index is 2.42. The van der Waals surface area contributed by atoms with Gasteiger partial charge in [-0.15, -0.1) is 0 Å². The van der Waals surface area contributed by atoms with Crippen molar-refractivity contribution in [3.05, 3.63) is 63.7 Å². The van der Waals surface area contributed by atoms with E-state index in [0.717, 1.165) is 11.1 Å². The van der Waals surface area contributed by atoms with Gasteiger partial charge in [0.05, 0.1) is 10.4 Å². The quantitative estimate of drug-likeness (QED) is 0.565. The Morgan fingerprint density at radius 3 is 2.64 bits per heavy atom. The smallest absolute Gasteiger partial charge is 0.270 e. The van der Waals surface area contributed by atoms with Gasteiger partial charge in [0.1, 0.15) is 17.5 Å². The van der Waals surface area contributed by atoms with Crippen LogP contribution in [0.2, 0.25) is 0 Å². The average Bonchev–Trinajstić information content (AvgIpc) is 2.60. The Morgan fingerprint density at radius 1 is 1.24 bits per heavy atom. The Morgan fingerprint density at radius 2 is 2.00 bits per heavy atom. The number of hydrogen-bond acceptors (Lipinski definition) is 5. The maximum Gasteiger partial charge on any atom is 0.270 e. The van der Waals surface area contributed by atoms with E-state index >= 15 is 0 Å². The minimum absolute atomic E-state index is 0.0516. The fraction of sp³-hybridized carbons (Fsp3) is 0.158. The first-order chi connectivity index (χ1) is 11.9. The number of hydrogen-bond donors (Lipinski definition) is 1. The molecule has 0 atom stereocenters. The molecule has 0 amide bonds. The number of nitrogens with zero attached hydrogens (tertiary/aromatic N) is 3. The summed E-state index contributed by atoms with van der Waals surface area (Å²) in [6.45, 7) is 4.16. The van der Waals surface area contributed by atoms with E-state index in [4.69, 9.17) is 5.73 Å². The van der Waals surface area contributed by atoms with Crippen molar-refractivity contribution in [3.63, 3.8) is 0 Å². The first kappa shape index (κ1) is 16.4. The number of nitrogen functional groups attached to an aromatic ring is 1. The molecule has 3 rings (SSSR count). The summed E-state index contributed by atoms with van der Waals surface area (Å²) >= 11 is 0. The SMILES string of the molecule is CC(C)c1cccc(-c2c(C#N)c(N)nc3ccc([N+](=O)[O-])cc23)c1. The third-order valence-electron chi connectivity index (χ3n) is 4.16. The van der Waals surface area contributed by atoms with Crippen molar-refractivity contribution in [2.75, 3.05) is 5.73 Å². The van der Waals surface area contributed by atoms with Crippen LogP contribution in [-0.4, -0.2) is 9.91 Å². The van der Waals surface area contributed by atoms with Gasteiger partial charge in [0, 0.05) is 23.1 Å². The molecule has 2 aromatic carbocycles. The van der Waals surface area contributed by atoms with Crippen molar-refractivity contribution in [1.82, 2.24) is 4.98 Å². The van der Waals surface area contributed by atoms with Crippen LogP contribution < -0.4 is 5.73 Å². The molecule has 1 heterocycles. The van der Waals surface area contributed by atoms with Gasteiger partial charge in [0.25, 0.3) is 5.69 Å². The van der Waals surface area contributed by atoms with Gasteiger partial charge in [0.2, 0.25) is 0 Å². The lowest BCUT2D eigenvalue weighted by Crippen LogP contribution is -2.00. The molecule has 25 heavy (non-hydrogen) atoms. The fourth-order valence-electron chi connectivity index (χ4n) is 2.85. The highest BCUT2D eigenvalue weighted by Crippen LogP contribution is 2.36. The van der Waals surface area contributed by atoms with Gasteiger partial charge >= 0.3 is 0 Å². The summed E-state index contributed by atoms with van der Waals surface area (Å²) in [4.78, 5) is 14.9. The van der Waals surface area contributed by atoms with E-state index in [0.29, 0.717) is 22.4 Å². The number of nitriles is 1. The lowest BCUT2D eigenvalue weighted by atomic mass is 9.92. The van der Waals surface area contributed by atoms with Crippen molar-refractivity contribution in [2.45, 2.75) is 19.8 Å². The predicted octanol–water partition coefficient (Wildman–Crippen LogP) is 4.39. The first-order valence-electron chi connectivity index (χ1n) is 7.80. The third kappa shape index (κ3) is 2.88. The van der Waals surface area contributed by atoms with Gasteiger partial charge < -0.3 is 5.73 Å². The standard InChI is InChI=1S/C19H16N4O2/c1-11(2)12-4-3-5-13(8-12)18-15-9-14(23(24)25)6-7-17(15)22-19(21)16(18)10-20/h3-9,11H,1-2H3,(H2,21,22). The molecule has 0 aliphatic carbocycles. The minimum Gasteiger partial charge on any atom is -0.383 e. The summed E-state index contributed by atoms with van der Waals surface area (Å²) in [7, 11) is 0. The molecule has 0 aliphatic heterocycles. The first-order valence-corrected chi connectivity index (χ1v) is 7.80. The number of benzene rings is 2. The van der Waals surface area contributed by atoms with Gasteiger partial charge in [-0.05, 0) is 23.1 Å². The number of aromatic nitrogens is 1. The highest BCUT2D eigenvalue weighted by molar-refractivity contribution is 6.00. The average molecular weight is 332 g/mol. The van der Waals surface area contributed by atoms with Crippen LogP contribution in [0.4, 0.5) is 11.5 Å². The molecule has 0 radical (unpaired) electrons. The van der Waals surface area contributed by atoms with Crippen molar-refractivity contribution in [1.29, 1.82) is 5.26 Å². The molecule has 2 N–H and O–H groups in total. The zero-order valence-corrected chi connectivity index (χ0v) is 13.9. The maximum atomic E-state index is 11.2. The van der Waals surface area contributed by atoms with Gasteiger partial charge in [-0.1, -0.05) is 38.1 Å². The Kier molecular flexibility index (Phi) is 4.07. The summed E-state index contributed by atoms with van der Waals surface area (Å²) in [5, 5.41) is 21.3. The third-order valence-corrected chi connectivity index (χ3v) is 4.16. The van der Waals surface area contributed by atoms with Crippen LogP contribution in [0.15, 0.2) is 42.5 Å².